The number of carbonyl (C=O) groups excluding carboxylic acids is 1. The predicted molar refractivity (Wildman–Crippen MR) is 85.4 cm³/mol. The molecule has 1 saturated heterocycles. The molecule has 1 aliphatic rings. The van der Waals surface area contributed by atoms with E-state index in [9.17, 15) is 26.4 Å². The summed E-state index contributed by atoms with van der Waals surface area (Å²) in [7, 11) is -3.81. The van der Waals surface area contributed by atoms with Gasteiger partial charge in [-0.15, -0.1) is 0 Å². The molecule has 2 rings (SSSR count). The SMILES string of the molecule is CC(=O)N1CCC(S(=O)(=O)c2ccc(OC(C)C(F)(F)F)cc2Cl)C1. The fourth-order valence-corrected chi connectivity index (χ4v) is 4.74. The first kappa shape index (κ1) is 19.8. The van der Waals surface area contributed by atoms with Gasteiger partial charge < -0.3 is 9.64 Å². The summed E-state index contributed by atoms with van der Waals surface area (Å²) in [5.41, 5.74) is 0. The van der Waals surface area contributed by atoms with E-state index >= 15 is 0 Å². The second kappa shape index (κ2) is 7.03. The number of nitrogens with zero attached hydrogens (tertiary/aromatic N) is 1. The first-order valence-corrected chi connectivity index (χ1v) is 9.37. The van der Waals surface area contributed by atoms with E-state index in [-0.39, 0.29) is 34.5 Å². The maximum absolute atomic E-state index is 12.7. The van der Waals surface area contributed by atoms with Crippen molar-refractivity contribution < 1.29 is 31.1 Å². The average Bonchev–Trinajstić information content (AvgIpc) is 2.96. The molecule has 0 aliphatic carbocycles. The van der Waals surface area contributed by atoms with Gasteiger partial charge in [0.2, 0.25) is 5.91 Å². The lowest BCUT2D eigenvalue weighted by Gasteiger charge is -2.19. The first-order chi connectivity index (χ1) is 11.4. The summed E-state index contributed by atoms with van der Waals surface area (Å²) in [4.78, 5) is 12.6. The molecule has 25 heavy (non-hydrogen) atoms. The van der Waals surface area contributed by atoms with Gasteiger partial charge in [-0.1, -0.05) is 11.6 Å². The van der Waals surface area contributed by atoms with Crippen molar-refractivity contribution in [2.45, 2.75) is 42.7 Å². The lowest BCUT2D eigenvalue weighted by molar-refractivity contribution is -0.189. The van der Waals surface area contributed by atoms with Gasteiger partial charge in [0.25, 0.3) is 0 Å². The van der Waals surface area contributed by atoms with Crippen LogP contribution in [0.4, 0.5) is 13.2 Å². The molecule has 1 aliphatic heterocycles. The molecule has 1 heterocycles. The Morgan fingerprint density at radius 2 is 2.04 bits per heavy atom. The Morgan fingerprint density at radius 1 is 1.40 bits per heavy atom. The predicted octanol–water partition coefficient (Wildman–Crippen LogP) is 3.06. The van der Waals surface area contributed by atoms with Crippen LogP contribution in [0.25, 0.3) is 0 Å². The quantitative estimate of drug-likeness (QED) is 0.780. The van der Waals surface area contributed by atoms with Crippen LogP contribution in [0.3, 0.4) is 0 Å². The molecule has 0 saturated carbocycles. The number of carbonyl (C=O) groups is 1. The van der Waals surface area contributed by atoms with E-state index < -0.39 is 27.4 Å². The number of halogens is 4. The number of benzene rings is 1. The van der Waals surface area contributed by atoms with Crippen molar-refractivity contribution in [1.82, 2.24) is 4.90 Å². The van der Waals surface area contributed by atoms with Gasteiger partial charge in [-0.25, -0.2) is 8.42 Å². The molecule has 5 nitrogen and oxygen atoms in total. The Labute approximate surface area is 148 Å². The van der Waals surface area contributed by atoms with E-state index in [0.29, 0.717) is 6.54 Å². The standard InChI is InChI=1S/C15H17ClF3NO4S/c1-9(15(17,18)19)24-11-3-4-14(13(16)7-11)25(22,23)12-5-6-20(8-12)10(2)21/h3-4,7,9,12H,5-6,8H2,1-2H3. The summed E-state index contributed by atoms with van der Waals surface area (Å²) < 4.78 is 67.7. The molecule has 0 radical (unpaired) electrons. The fraction of sp³-hybridized carbons (Fsp3) is 0.533. The average molecular weight is 400 g/mol. The van der Waals surface area contributed by atoms with Crippen LogP contribution in [0.5, 0.6) is 5.75 Å². The minimum atomic E-state index is -4.54. The van der Waals surface area contributed by atoms with Gasteiger partial charge in [-0.2, -0.15) is 13.2 Å². The second-order valence-corrected chi connectivity index (χ2v) is 8.42. The lowest BCUT2D eigenvalue weighted by Crippen LogP contribution is -2.31. The molecule has 140 valence electrons. The van der Waals surface area contributed by atoms with Crippen LogP contribution in [-0.4, -0.2) is 49.8 Å². The Morgan fingerprint density at radius 3 is 2.52 bits per heavy atom. The molecule has 0 N–H and O–H groups in total. The van der Waals surface area contributed by atoms with Crippen LogP contribution >= 0.6 is 11.6 Å². The zero-order valence-electron chi connectivity index (χ0n) is 13.5. The van der Waals surface area contributed by atoms with E-state index in [1.807, 2.05) is 0 Å². The highest BCUT2D eigenvalue weighted by Gasteiger charge is 2.39. The highest BCUT2D eigenvalue weighted by molar-refractivity contribution is 7.92. The number of alkyl halides is 3. The number of rotatable bonds is 4. The Bertz CT molecular complexity index is 767. The Hall–Kier alpha value is -1.48. The zero-order valence-corrected chi connectivity index (χ0v) is 15.1. The molecule has 1 fully saturated rings. The molecule has 1 amide bonds. The van der Waals surface area contributed by atoms with Gasteiger partial charge >= 0.3 is 6.18 Å². The van der Waals surface area contributed by atoms with Crippen molar-refractivity contribution in [3.05, 3.63) is 23.2 Å². The number of amides is 1. The van der Waals surface area contributed by atoms with Crippen molar-refractivity contribution in [2.24, 2.45) is 0 Å². The topological polar surface area (TPSA) is 63.7 Å². The van der Waals surface area contributed by atoms with Crippen LogP contribution in [0.2, 0.25) is 5.02 Å². The van der Waals surface area contributed by atoms with Gasteiger partial charge in [-0.3, -0.25) is 4.79 Å². The third-order valence-corrected chi connectivity index (χ3v) is 6.67. The molecule has 2 atom stereocenters. The van der Waals surface area contributed by atoms with E-state index in [2.05, 4.69) is 0 Å². The van der Waals surface area contributed by atoms with Crippen molar-refractivity contribution in [3.63, 3.8) is 0 Å². The summed E-state index contributed by atoms with van der Waals surface area (Å²) in [5, 5.41) is -1.01. The van der Waals surface area contributed by atoms with Crippen molar-refractivity contribution in [2.75, 3.05) is 13.1 Å². The molecule has 0 bridgehead atoms. The number of hydrogen-bond donors (Lipinski definition) is 0. The number of ether oxygens (including phenoxy) is 1. The maximum Gasteiger partial charge on any atom is 0.425 e. The van der Waals surface area contributed by atoms with Gasteiger partial charge in [0.15, 0.2) is 15.9 Å². The molecular formula is C15H17ClF3NO4S. The normalized spacial score (nSPS) is 19.8. The summed E-state index contributed by atoms with van der Waals surface area (Å²) in [5.74, 6) is -0.390. The number of hydrogen-bond acceptors (Lipinski definition) is 4. The summed E-state index contributed by atoms with van der Waals surface area (Å²) in [6.07, 6.45) is -6.32. The monoisotopic (exact) mass is 399 g/mol. The van der Waals surface area contributed by atoms with Crippen LogP contribution in [0.1, 0.15) is 20.3 Å². The Balaban J connectivity index is 2.21. The summed E-state index contributed by atoms with van der Waals surface area (Å²) >= 11 is 5.97. The smallest absolute Gasteiger partial charge is 0.425 e. The summed E-state index contributed by atoms with van der Waals surface area (Å²) in [6.45, 7) is 2.60. The minimum absolute atomic E-state index is 0.0668. The highest BCUT2D eigenvalue weighted by atomic mass is 35.5. The molecular weight excluding hydrogens is 383 g/mol. The van der Waals surface area contributed by atoms with Crippen LogP contribution in [0, 0.1) is 0 Å². The second-order valence-electron chi connectivity index (χ2n) is 5.81. The van der Waals surface area contributed by atoms with E-state index in [1.54, 1.807) is 0 Å². The van der Waals surface area contributed by atoms with Gasteiger partial charge in [0.05, 0.1) is 15.2 Å². The summed E-state index contributed by atoms with van der Waals surface area (Å²) in [6, 6.07) is 3.32. The largest absolute Gasteiger partial charge is 0.481 e. The molecule has 0 aromatic heterocycles. The zero-order chi connectivity index (χ0) is 19.0. The first-order valence-electron chi connectivity index (χ1n) is 7.45. The number of sulfone groups is 1. The molecule has 1 aromatic rings. The lowest BCUT2D eigenvalue weighted by atomic mass is 10.3. The highest BCUT2D eigenvalue weighted by Crippen LogP contribution is 2.33. The van der Waals surface area contributed by atoms with Crippen LogP contribution in [0.15, 0.2) is 23.1 Å². The number of likely N-dealkylation sites (tertiary alicyclic amines) is 1. The van der Waals surface area contributed by atoms with Gasteiger partial charge in [0, 0.05) is 26.1 Å². The van der Waals surface area contributed by atoms with E-state index in [1.165, 1.54) is 11.8 Å². The fourth-order valence-electron chi connectivity index (χ4n) is 2.50. The molecule has 0 spiro atoms. The van der Waals surface area contributed by atoms with Crippen molar-refractivity contribution >= 4 is 27.3 Å². The molecule has 2 unspecified atom stereocenters. The Kier molecular flexibility index (Phi) is 5.58. The molecule has 10 heteroatoms. The van der Waals surface area contributed by atoms with Gasteiger partial charge in [-0.05, 0) is 25.5 Å². The van der Waals surface area contributed by atoms with Crippen molar-refractivity contribution in [3.8, 4) is 5.75 Å². The van der Waals surface area contributed by atoms with E-state index in [0.717, 1.165) is 25.1 Å². The van der Waals surface area contributed by atoms with Crippen LogP contribution < -0.4 is 4.74 Å². The minimum Gasteiger partial charge on any atom is -0.481 e. The molecule has 1 aromatic carbocycles. The van der Waals surface area contributed by atoms with Crippen molar-refractivity contribution in [1.29, 1.82) is 0 Å². The van der Waals surface area contributed by atoms with E-state index in [4.69, 9.17) is 16.3 Å². The maximum atomic E-state index is 12.7. The third-order valence-electron chi connectivity index (χ3n) is 4.01. The third kappa shape index (κ3) is 4.38. The van der Waals surface area contributed by atoms with Gasteiger partial charge in [0.1, 0.15) is 5.75 Å². The van der Waals surface area contributed by atoms with Crippen LogP contribution in [-0.2, 0) is 14.6 Å².